The summed E-state index contributed by atoms with van der Waals surface area (Å²) in [5.74, 6) is 1.01. The lowest BCUT2D eigenvalue weighted by Crippen LogP contribution is -2.14. The second-order valence-electron chi connectivity index (χ2n) is 5.53. The Morgan fingerprint density at radius 2 is 1.93 bits per heavy atom. The third-order valence-corrected chi connectivity index (χ3v) is 6.54. The maximum absolute atomic E-state index is 12.3. The first-order chi connectivity index (χ1) is 13.5. The van der Waals surface area contributed by atoms with E-state index in [-0.39, 0.29) is 11.7 Å². The lowest BCUT2D eigenvalue weighted by atomic mass is 10.2. The molecule has 146 valence electrons. The molecule has 9 heteroatoms. The Labute approximate surface area is 184 Å². The summed E-state index contributed by atoms with van der Waals surface area (Å²) in [4.78, 5) is 16.9. The summed E-state index contributed by atoms with van der Waals surface area (Å²) in [5, 5.41) is 5.19. The predicted octanol–water partition coefficient (Wildman–Crippen LogP) is 5.97. The number of ether oxygens (including phenoxy) is 2. The highest BCUT2D eigenvalue weighted by atomic mass is 79.9. The number of anilines is 1. The Balaban J connectivity index is 1.62. The monoisotopic (exact) mass is 498 g/mol. The molecule has 0 aliphatic rings. The Kier molecular flexibility index (Phi) is 7.23. The number of nitrogens with zero attached hydrogens (tertiary/aromatic N) is 1. The molecule has 1 amide bonds. The lowest BCUT2D eigenvalue weighted by Gasteiger charge is -2.12. The third-order valence-electron chi connectivity index (χ3n) is 3.70. The van der Waals surface area contributed by atoms with Crippen molar-refractivity contribution in [3.8, 4) is 22.8 Å². The van der Waals surface area contributed by atoms with Gasteiger partial charge in [-0.2, -0.15) is 0 Å². The SMILES string of the molecule is COc1cc(OC)c(NC(=O)CSc2nc(-c3ccc(Br)cc3)cs2)cc1Cl. The molecule has 0 atom stereocenters. The molecular weight excluding hydrogens is 484 g/mol. The number of hydrogen-bond donors (Lipinski definition) is 1. The van der Waals surface area contributed by atoms with Gasteiger partial charge in [-0.05, 0) is 18.2 Å². The minimum Gasteiger partial charge on any atom is -0.495 e. The summed E-state index contributed by atoms with van der Waals surface area (Å²) in [6.07, 6.45) is 0. The van der Waals surface area contributed by atoms with Crippen LogP contribution in [0.15, 0.2) is 50.6 Å². The zero-order valence-corrected chi connectivity index (χ0v) is 19.0. The van der Waals surface area contributed by atoms with E-state index >= 15 is 0 Å². The van der Waals surface area contributed by atoms with Gasteiger partial charge in [-0.15, -0.1) is 11.3 Å². The Morgan fingerprint density at radius 1 is 1.21 bits per heavy atom. The number of rotatable bonds is 7. The number of thiazole rings is 1. The molecule has 0 saturated heterocycles. The van der Waals surface area contributed by atoms with Crippen LogP contribution in [0.1, 0.15) is 0 Å². The van der Waals surface area contributed by atoms with Crippen LogP contribution in [-0.4, -0.2) is 30.9 Å². The molecule has 28 heavy (non-hydrogen) atoms. The number of aromatic nitrogens is 1. The number of methoxy groups -OCH3 is 2. The smallest absolute Gasteiger partial charge is 0.234 e. The molecule has 0 aliphatic heterocycles. The number of amides is 1. The topological polar surface area (TPSA) is 60.5 Å². The first-order valence-electron chi connectivity index (χ1n) is 8.05. The molecule has 2 aromatic carbocycles. The van der Waals surface area contributed by atoms with Crippen LogP contribution < -0.4 is 14.8 Å². The summed E-state index contributed by atoms with van der Waals surface area (Å²) in [6.45, 7) is 0. The fourth-order valence-electron chi connectivity index (χ4n) is 2.35. The zero-order valence-electron chi connectivity index (χ0n) is 15.0. The van der Waals surface area contributed by atoms with E-state index in [9.17, 15) is 4.79 Å². The maximum Gasteiger partial charge on any atom is 0.234 e. The van der Waals surface area contributed by atoms with Crippen molar-refractivity contribution in [3.05, 3.63) is 51.3 Å². The van der Waals surface area contributed by atoms with Crippen molar-refractivity contribution in [2.75, 3.05) is 25.3 Å². The molecular formula is C19H16BrClN2O3S2. The summed E-state index contributed by atoms with van der Waals surface area (Å²) >= 11 is 12.4. The van der Waals surface area contributed by atoms with E-state index in [0.717, 1.165) is 20.1 Å². The average Bonchev–Trinajstić information content (AvgIpc) is 3.16. The number of carbonyl (C=O) groups excluding carboxylic acids is 1. The predicted molar refractivity (Wildman–Crippen MR) is 119 cm³/mol. The summed E-state index contributed by atoms with van der Waals surface area (Å²) in [6, 6.07) is 11.2. The van der Waals surface area contributed by atoms with E-state index in [1.165, 1.54) is 37.3 Å². The summed E-state index contributed by atoms with van der Waals surface area (Å²) in [7, 11) is 3.04. The van der Waals surface area contributed by atoms with E-state index < -0.39 is 0 Å². The molecule has 3 aromatic rings. The van der Waals surface area contributed by atoms with E-state index in [0.29, 0.717) is 22.2 Å². The number of nitrogens with one attached hydrogen (secondary N) is 1. The van der Waals surface area contributed by atoms with E-state index in [2.05, 4.69) is 26.2 Å². The minimum absolute atomic E-state index is 0.176. The molecule has 1 aromatic heterocycles. The maximum atomic E-state index is 12.3. The van der Waals surface area contributed by atoms with Gasteiger partial charge in [0.05, 0.1) is 36.4 Å². The van der Waals surface area contributed by atoms with Crippen LogP contribution >= 0.6 is 50.6 Å². The molecule has 0 bridgehead atoms. The van der Waals surface area contributed by atoms with Crippen LogP contribution in [-0.2, 0) is 4.79 Å². The van der Waals surface area contributed by atoms with Crippen LogP contribution in [0.4, 0.5) is 5.69 Å². The minimum atomic E-state index is -0.176. The molecule has 3 rings (SSSR count). The number of thioether (sulfide) groups is 1. The molecule has 1 heterocycles. The Bertz CT molecular complexity index is 980. The van der Waals surface area contributed by atoms with Gasteiger partial charge >= 0.3 is 0 Å². The van der Waals surface area contributed by atoms with E-state index in [1.807, 2.05) is 29.6 Å². The van der Waals surface area contributed by atoms with Crippen molar-refractivity contribution in [2.45, 2.75) is 4.34 Å². The average molecular weight is 500 g/mol. The van der Waals surface area contributed by atoms with Crippen LogP contribution in [0, 0.1) is 0 Å². The van der Waals surface area contributed by atoms with Crippen molar-refractivity contribution in [1.29, 1.82) is 0 Å². The lowest BCUT2D eigenvalue weighted by molar-refractivity contribution is -0.113. The second kappa shape index (κ2) is 9.65. The van der Waals surface area contributed by atoms with Gasteiger partial charge in [0.2, 0.25) is 5.91 Å². The largest absolute Gasteiger partial charge is 0.495 e. The molecule has 0 unspecified atom stereocenters. The van der Waals surface area contributed by atoms with Gasteiger partial charge in [0.25, 0.3) is 0 Å². The first-order valence-corrected chi connectivity index (χ1v) is 11.1. The van der Waals surface area contributed by atoms with E-state index in [4.69, 9.17) is 21.1 Å². The fraction of sp³-hybridized carbons (Fsp3) is 0.158. The number of carbonyl (C=O) groups is 1. The highest BCUT2D eigenvalue weighted by molar-refractivity contribution is 9.10. The van der Waals surface area contributed by atoms with Crippen LogP contribution in [0.5, 0.6) is 11.5 Å². The van der Waals surface area contributed by atoms with Gasteiger partial charge < -0.3 is 14.8 Å². The summed E-state index contributed by atoms with van der Waals surface area (Å²) < 4.78 is 12.3. The van der Waals surface area contributed by atoms with Crippen molar-refractivity contribution >= 4 is 62.2 Å². The van der Waals surface area contributed by atoms with Crippen molar-refractivity contribution in [3.63, 3.8) is 0 Å². The van der Waals surface area contributed by atoms with E-state index in [1.54, 1.807) is 12.1 Å². The highest BCUT2D eigenvalue weighted by Crippen LogP contribution is 2.36. The fourth-order valence-corrected chi connectivity index (χ4v) is 4.49. The van der Waals surface area contributed by atoms with Crippen LogP contribution in [0.25, 0.3) is 11.3 Å². The van der Waals surface area contributed by atoms with Crippen molar-refractivity contribution in [1.82, 2.24) is 4.98 Å². The van der Waals surface area contributed by atoms with Gasteiger partial charge in [0.1, 0.15) is 11.5 Å². The molecule has 5 nitrogen and oxygen atoms in total. The quantitative estimate of drug-likeness (QED) is 0.406. The third kappa shape index (κ3) is 5.20. The van der Waals surface area contributed by atoms with Crippen molar-refractivity contribution < 1.29 is 14.3 Å². The first kappa shape index (κ1) is 21.0. The molecule has 1 N–H and O–H groups in total. The Hall–Kier alpha value is -1.74. The standard InChI is InChI=1S/C19H16BrClN2O3S2/c1-25-16-8-17(26-2)14(7-13(16)21)22-18(24)10-28-19-23-15(9-27-19)11-3-5-12(20)6-4-11/h3-9H,10H2,1-2H3,(H,22,24). The molecule has 0 spiro atoms. The normalized spacial score (nSPS) is 10.6. The van der Waals surface area contributed by atoms with Crippen molar-refractivity contribution in [2.24, 2.45) is 0 Å². The molecule has 0 saturated carbocycles. The van der Waals surface area contributed by atoms with Gasteiger partial charge in [-0.25, -0.2) is 4.98 Å². The van der Waals surface area contributed by atoms with Gasteiger partial charge in [-0.1, -0.05) is 51.4 Å². The Morgan fingerprint density at radius 3 is 2.61 bits per heavy atom. The van der Waals surface area contributed by atoms with Gasteiger partial charge in [-0.3, -0.25) is 4.79 Å². The number of hydrogen-bond acceptors (Lipinski definition) is 6. The van der Waals surface area contributed by atoms with Crippen LogP contribution in [0.2, 0.25) is 5.02 Å². The van der Waals surface area contributed by atoms with Gasteiger partial charge in [0.15, 0.2) is 4.34 Å². The van der Waals surface area contributed by atoms with Gasteiger partial charge in [0, 0.05) is 21.5 Å². The number of benzene rings is 2. The highest BCUT2D eigenvalue weighted by Gasteiger charge is 2.14. The molecule has 0 aliphatic carbocycles. The molecule has 0 radical (unpaired) electrons. The number of halogens is 2. The summed E-state index contributed by atoms with van der Waals surface area (Å²) in [5.41, 5.74) is 2.42. The zero-order chi connectivity index (χ0) is 20.1. The van der Waals surface area contributed by atoms with Crippen LogP contribution in [0.3, 0.4) is 0 Å². The second-order valence-corrected chi connectivity index (χ2v) is 8.93. The molecule has 0 fully saturated rings.